The molecule has 29 heavy (non-hydrogen) atoms. The SMILES string of the molecule is CN1CCN(c2ccc(NC(=O)c3cccc(OCc4cscn4)c3)cc2)CC1. The van der Waals surface area contributed by atoms with Gasteiger partial charge in [-0.1, -0.05) is 6.07 Å². The zero-order valence-corrected chi connectivity index (χ0v) is 17.2. The van der Waals surface area contributed by atoms with Crippen LogP contribution in [0.25, 0.3) is 0 Å². The van der Waals surface area contributed by atoms with E-state index >= 15 is 0 Å². The summed E-state index contributed by atoms with van der Waals surface area (Å²) in [6.07, 6.45) is 0. The number of hydrogen-bond donors (Lipinski definition) is 1. The number of rotatable bonds is 6. The molecule has 6 nitrogen and oxygen atoms in total. The van der Waals surface area contributed by atoms with Gasteiger partial charge in [0.05, 0.1) is 11.2 Å². The first-order valence-electron chi connectivity index (χ1n) is 9.62. The van der Waals surface area contributed by atoms with Crippen LogP contribution in [0.15, 0.2) is 59.4 Å². The molecule has 0 spiro atoms. The van der Waals surface area contributed by atoms with Gasteiger partial charge >= 0.3 is 0 Å². The second-order valence-corrected chi connectivity index (χ2v) is 7.81. The maximum atomic E-state index is 12.6. The lowest BCUT2D eigenvalue weighted by atomic mass is 10.2. The fraction of sp³-hybridized carbons (Fsp3) is 0.273. The van der Waals surface area contributed by atoms with Crippen molar-refractivity contribution >= 4 is 28.6 Å². The molecule has 1 N–H and O–H groups in total. The van der Waals surface area contributed by atoms with Gasteiger partial charge in [0.2, 0.25) is 0 Å². The molecule has 4 rings (SSSR count). The number of nitrogens with one attached hydrogen (secondary N) is 1. The predicted molar refractivity (Wildman–Crippen MR) is 117 cm³/mol. The predicted octanol–water partition coefficient (Wildman–Crippen LogP) is 3.73. The highest BCUT2D eigenvalue weighted by atomic mass is 32.1. The van der Waals surface area contributed by atoms with Crippen molar-refractivity contribution in [1.82, 2.24) is 9.88 Å². The van der Waals surface area contributed by atoms with Crippen LogP contribution in [0.2, 0.25) is 0 Å². The average molecular weight is 409 g/mol. The molecular formula is C22H24N4O2S. The Kier molecular flexibility index (Phi) is 6.07. The van der Waals surface area contributed by atoms with Crippen LogP contribution in [-0.4, -0.2) is 49.0 Å². The molecule has 0 bridgehead atoms. The molecule has 0 aliphatic carbocycles. The number of ether oxygens (including phenoxy) is 1. The second-order valence-electron chi connectivity index (χ2n) is 7.09. The molecule has 1 amide bonds. The van der Waals surface area contributed by atoms with Gasteiger partial charge in [0, 0.05) is 48.5 Å². The molecule has 1 aromatic heterocycles. The topological polar surface area (TPSA) is 57.7 Å². The van der Waals surface area contributed by atoms with E-state index in [1.807, 2.05) is 29.6 Å². The number of piperazine rings is 1. The van der Waals surface area contributed by atoms with Crippen LogP contribution >= 0.6 is 11.3 Å². The van der Waals surface area contributed by atoms with Crippen molar-refractivity contribution in [2.75, 3.05) is 43.4 Å². The van der Waals surface area contributed by atoms with Gasteiger partial charge < -0.3 is 19.9 Å². The lowest BCUT2D eigenvalue weighted by molar-refractivity contribution is 0.102. The third kappa shape index (κ3) is 5.13. The van der Waals surface area contributed by atoms with E-state index in [2.05, 4.69) is 39.3 Å². The number of aromatic nitrogens is 1. The quantitative estimate of drug-likeness (QED) is 0.674. The van der Waals surface area contributed by atoms with Crippen molar-refractivity contribution in [2.24, 2.45) is 0 Å². The number of thiazole rings is 1. The van der Waals surface area contributed by atoms with E-state index in [1.54, 1.807) is 17.6 Å². The number of anilines is 2. The molecule has 1 saturated heterocycles. The number of likely N-dealkylation sites (N-methyl/N-ethyl adjacent to an activating group) is 1. The summed E-state index contributed by atoms with van der Waals surface area (Å²) in [4.78, 5) is 21.5. The van der Waals surface area contributed by atoms with Crippen LogP contribution in [0.4, 0.5) is 11.4 Å². The van der Waals surface area contributed by atoms with Gasteiger partial charge in [-0.3, -0.25) is 4.79 Å². The Bertz CT molecular complexity index is 936. The smallest absolute Gasteiger partial charge is 0.255 e. The first kappa shape index (κ1) is 19.4. The van der Waals surface area contributed by atoms with Crippen LogP contribution in [0, 0.1) is 0 Å². The molecule has 0 unspecified atom stereocenters. The molecule has 7 heteroatoms. The van der Waals surface area contributed by atoms with Gasteiger partial charge in [-0.15, -0.1) is 11.3 Å². The number of hydrogen-bond acceptors (Lipinski definition) is 6. The van der Waals surface area contributed by atoms with Crippen molar-refractivity contribution in [3.8, 4) is 5.75 Å². The maximum absolute atomic E-state index is 12.6. The summed E-state index contributed by atoms with van der Waals surface area (Å²) >= 11 is 1.53. The van der Waals surface area contributed by atoms with E-state index in [0.717, 1.165) is 37.6 Å². The Hall–Kier alpha value is -2.90. The Morgan fingerprint density at radius 2 is 1.93 bits per heavy atom. The maximum Gasteiger partial charge on any atom is 0.255 e. The minimum absolute atomic E-state index is 0.156. The monoisotopic (exact) mass is 408 g/mol. The highest BCUT2D eigenvalue weighted by molar-refractivity contribution is 7.07. The molecule has 2 aromatic carbocycles. The molecule has 0 saturated carbocycles. The third-order valence-electron chi connectivity index (χ3n) is 4.96. The number of carbonyl (C=O) groups excluding carboxylic acids is 1. The van der Waals surface area contributed by atoms with E-state index in [9.17, 15) is 4.79 Å². The molecular weight excluding hydrogens is 384 g/mol. The minimum atomic E-state index is -0.156. The van der Waals surface area contributed by atoms with Gasteiger partial charge in [0.15, 0.2) is 0 Å². The second kappa shape index (κ2) is 9.07. The molecule has 1 aliphatic heterocycles. The van der Waals surface area contributed by atoms with Gasteiger partial charge in [-0.05, 0) is 49.5 Å². The van der Waals surface area contributed by atoms with Crippen molar-refractivity contribution in [3.05, 3.63) is 70.7 Å². The van der Waals surface area contributed by atoms with Crippen LogP contribution in [0.5, 0.6) is 5.75 Å². The van der Waals surface area contributed by atoms with E-state index in [-0.39, 0.29) is 5.91 Å². The van der Waals surface area contributed by atoms with Crippen molar-refractivity contribution in [3.63, 3.8) is 0 Å². The Balaban J connectivity index is 1.35. The van der Waals surface area contributed by atoms with Gasteiger partial charge in [-0.2, -0.15) is 0 Å². The molecule has 1 fully saturated rings. The van der Waals surface area contributed by atoms with E-state index in [0.29, 0.717) is 17.9 Å². The summed E-state index contributed by atoms with van der Waals surface area (Å²) in [7, 11) is 2.15. The molecule has 150 valence electrons. The third-order valence-corrected chi connectivity index (χ3v) is 5.60. The summed E-state index contributed by atoms with van der Waals surface area (Å²) in [5.41, 5.74) is 5.18. The molecule has 0 radical (unpaired) electrons. The number of nitrogens with zero attached hydrogens (tertiary/aromatic N) is 3. The van der Waals surface area contributed by atoms with Crippen LogP contribution < -0.4 is 15.0 Å². The van der Waals surface area contributed by atoms with Gasteiger partial charge in [-0.25, -0.2) is 4.98 Å². The lowest BCUT2D eigenvalue weighted by Crippen LogP contribution is -2.44. The Morgan fingerprint density at radius 3 is 2.66 bits per heavy atom. The Labute approximate surface area is 174 Å². The summed E-state index contributed by atoms with van der Waals surface area (Å²) in [5.74, 6) is 0.493. The zero-order valence-electron chi connectivity index (χ0n) is 16.4. The number of carbonyl (C=O) groups is 1. The van der Waals surface area contributed by atoms with Crippen LogP contribution in [0.3, 0.4) is 0 Å². The summed E-state index contributed by atoms with van der Waals surface area (Å²) in [6.45, 7) is 4.58. The van der Waals surface area contributed by atoms with Crippen LogP contribution in [0.1, 0.15) is 16.1 Å². The van der Waals surface area contributed by atoms with E-state index in [4.69, 9.17) is 4.74 Å². The minimum Gasteiger partial charge on any atom is -0.487 e. The van der Waals surface area contributed by atoms with Crippen molar-refractivity contribution in [1.29, 1.82) is 0 Å². The highest BCUT2D eigenvalue weighted by Crippen LogP contribution is 2.21. The molecule has 1 aliphatic rings. The Morgan fingerprint density at radius 1 is 1.14 bits per heavy atom. The normalized spacial score (nSPS) is 14.6. The molecule has 3 aromatic rings. The lowest BCUT2D eigenvalue weighted by Gasteiger charge is -2.34. The van der Waals surface area contributed by atoms with Crippen molar-refractivity contribution in [2.45, 2.75) is 6.61 Å². The first-order valence-corrected chi connectivity index (χ1v) is 10.6. The van der Waals surface area contributed by atoms with Crippen molar-refractivity contribution < 1.29 is 9.53 Å². The fourth-order valence-electron chi connectivity index (χ4n) is 3.22. The van der Waals surface area contributed by atoms with Gasteiger partial charge in [0.25, 0.3) is 5.91 Å². The number of benzene rings is 2. The van der Waals surface area contributed by atoms with Gasteiger partial charge in [0.1, 0.15) is 12.4 Å². The standard InChI is InChI=1S/C22H24N4O2S/c1-25-9-11-26(12-10-25)20-7-5-18(6-8-20)24-22(27)17-3-2-4-21(13-17)28-14-19-15-29-16-23-19/h2-8,13,15-16H,9-12,14H2,1H3,(H,24,27). The zero-order chi connectivity index (χ0) is 20.1. The average Bonchev–Trinajstić information content (AvgIpc) is 3.27. The molecule has 0 atom stereocenters. The fourth-order valence-corrected chi connectivity index (χ4v) is 3.76. The molecule has 2 heterocycles. The van der Waals surface area contributed by atoms with Crippen LogP contribution in [-0.2, 0) is 6.61 Å². The summed E-state index contributed by atoms with van der Waals surface area (Å²) in [5, 5.41) is 4.91. The van der Waals surface area contributed by atoms with E-state index in [1.165, 1.54) is 17.0 Å². The largest absolute Gasteiger partial charge is 0.487 e. The number of amides is 1. The first-order chi connectivity index (χ1) is 14.2. The summed E-state index contributed by atoms with van der Waals surface area (Å²) in [6, 6.07) is 15.2. The highest BCUT2D eigenvalue weighted by Gasteiger charge is 2.14. The summed E-state index contributed by atoms with van der Waals surface area (Å²) < 4.78 is 5.74. The van der Waals surface area contributed by atoms with E-state index < -0.39 is 0 Å².